The van der Waals surface area contributed by atoms with Crippen molar-refractivity contribution < 1.29 is 14.3 Å². The van der Waals surface area contributed by atoms with Crippen molar-refractivity contribution in [3.8, 4) is 0 Å². The number of amides is 2. The van der Waals surface area contributed by atoms with Crippen LogP contribution in [0, 0.1) is 0 Å². The number of carbonyl (C=O) groups excluding carboxylic acids is 2. The van der Waals surface area contributed by atoms with Gasteiger partial charge in [0.05, 0.1) is 6.61 Å². The van der Waals surface area contributed by atoms with Gasteiger partial charge in [-0.25, -0.2) is 4.79 Å². The van der Waals surface area contributed by atoms with Gasteiger partial charge in [0, 0.05) is 12.2 Å². The third-order valence-corrected chi connectivity index (χ3v) is 4.53. The zero-order valence-corrected chi connectivity index (χ0v) is 15.8. The Morgan fingerprint density at radius 3 is 2.52 bits per heavy atom. The van der Waals surface area contributed by atoms with Crippen molar-refractivity contribution in [3.05, 3.63) is 29.8 Å². The summed E-state index contributed by atoms with van der Waals surface area (Å²) in [5.74, 6) is -0.145. The molecule has 1 fully saturated rings. The highest BCUT2D eigenvalue weighted by Crippen LogP contribution is 2.24. The van der Waals surface area contributed by atoms with Crippen LogP contribution in [-0.2, 0) is 14.9 Å². The molecule has 5 heteroatoms. The molecule has 1 N–H and O–H groups in total. The van der Waals surface area contributed by atoms with Crippen LogP contribution >= 0.6 is 0 Å². The Bertz CT molecular complexity index is 590. The summed E-state index contributed by atoms with van der Waals surface area (Å²) in [7, 11) is 0. The van der Waals surface area contributed by atoms with E-state index < -0.39 is 6.04 Å². The maximum absolute atomic E-state index is 12.6. The van der Waals surface area contributed by atoms with Gasteiger partial charge in [0.15, 0.2) is 0 Å². The monoisotopic (exact) mass is 346 g/mol. The molecule has 1 saturated heterocycles. The number of rotatable bonds is 5. The molecule has 0 radical (unpaired) electrons. The van der Waals surface area contributed by atoms with Crippen LogP contribution in [0.3, 0.4) is 0 Å². The summed E-state index contributed by atoms with van der Waals surface area (Å²) in [6.07, 6.45) is 2.94. The van der Waals surface area contributed by atoms with Crippen LogP contribution in [0.2, 0.25) is 0 Å². The standard InChI is InChI=1S/C20H30N2O3/c1-5-6-14-25-19(24)22-13-7-8-17(22)18(23)21-16-11-9-15(10-12-16)20(2,3)4/h9-12,17H,5-8,13-14H2,1-4H3,(H,21,23)/t17-/m0/s1. The minimum absolute atomic E-state index is 0.0764. The third-order valence-electron chi connectivity index (χ3n) is 4.53. The number of nitrogens with zero attached hydrogens (tertiary/aromatic N) is 1. The first-order valence-corrected chi connectivity index (χ1v) is 9.17. The van der Waals surface area contributed by atoms with Crippen LogP contribution in [0.25, 0.3) is 0 Å². The summed E-state index contributed by atoms with van der Waals surface area (Å²) in [5.41, 5.74) is 2.05. The van der Waals surface area contributed by atoms with Gasteiger partial charge in [-0.3, -0.25) is 9.69 Å². The highest BCUT2D eigenvalue weighted by molar-refractivity contribution is 5.96. The summed E-state index contributed by atoms with van der Waals surface area (Å²) in [6, 6.07) is 7.44. The molecule has 0 aromatic heterocycles. The van der Waals surface area contributed by atoms with E-state index in [4.69, 9.17) is 4.74 Å². The number of hydrogen-bond acceptors (Lipinski definition) is 3. The number of benzene rings is 1. The summed E-state index contributed by atoms with van der Waals surface area (Å²) in [6.45, 7) is 9.49. The molecule has 1 atom stereocenters. The Balaban J connectivity index is 1.96. The van der Waals surface area contributed by atoms with Gasteiger partial charge in [0.25, 0.3) is 0 Å². The van der Waals surface area contributed by atoms with E-state index in [1.807, 2.05) is 31.2 Å². The van der Waals surface area contributed by atoms with Gasteiger partial charge in [-0.2, -0.15) is 0 Å². The van der Waals surface area contributed by atoms with Crippen LogP contribution < -0.4 is 5.32 Å². The average Bonchev–Trinajstić information content (AvgIpc) is 3.04. The van der Waals surface area contributed by atoms with Gasteiger partial charge in [-0.1, -0.05) is 46.2 Å². The molecule has 1 aliphatic rings. The lowest BCUT2D eigenvalue weighted by Gasteiger charge is -2.23. The van der Waals surface area contributed by atoms with Crippen molar-refractivity contribution in [2.24, 2.45) is 0 Å². The second-order valence-corrected chi connectivity index (χ2v) is 7.64. The van der Waals surface area contributed by atoms with Crippen molar-refractivity contribution in [1.82, 2.24) is 4.90 Å². The first-order valence-electron chi connectivity index (χ1n) is 9.17. The van der Waals surface area contributed by atoms with E-state index in [0.29, 0.717) is 19.6 Å². The molecule has 5 nitrogen and oxygen atoms in total. The van der Waals surface area contributed by atoms with Gasteiger partial charge < -0.3 is 10.1 Å². The Morgan fingerprint density at radius 2 is 1.92 bits per heavy atom. The van der Waals surface area contributed by atoms with E-state index in [0.717, 1.165) is 24.9 Å². The smallest absolute Gasteiger partial charge is 0.410 e. The lowest BCUT2D eigenvalue weighted by Crippen LogP contribution is -2.43. The molecule has 2 amide bonds. The molecule has 1 heterocycles. The number of hydrogen-bond donors (Lipinski definition) is 1. The van der Waals surface area contributed by atoms with Crippen molar-refractivity contribution in [3.63, 3.8) is 0 Å². The molecule has 25 heavy (non-hydrogen) atoms. The minimum atomic E-state index is -0.448. The molecule has 1 aliphatic heterocycles. The first-order chi connectivity index (χ1) is 11.8. The lowest BCUT2D eigenvalue weighted by atomic mass is 9.87. The number of nitrogens with one attached hydrogen (secondary N) is 1. The number of carbonyl (C=O) groups is 2. The molecular formula is C20H30N2O3. The van der Waals surface area contributed by atoms with E-state index >= 15 is 0 Å². The van der Waals surface area contributed by atoms with E-state index in [9.17, 15) is 9.59 Å². The van der Waals surface area contributed by atoms with Gasteiger partial charge in [-0.05, 0) is 42.4 Å². The van der Waals surface area contributed by atoms with Crippen LogP contribution in [0.1, 0.15) is 58.9 Å². The van der Waals surface area contributed by atoms with Gasteiger partial charge >= 0.3 is 6.09 Å². The van der Waals surface area contributed by atoms with Crippen molar-refractivity contribution >= 4 is 17.7 Å². The minimum Gasteiger partial charge on any atom is -0.449 e. The number of anilines is 1. The van der Waals surface area contributed by atoms with Crippen LogP contribution in [0.15, 0.2) is 24.3 Å². The third kappa shape index (κ3) is 5.21. The molecule has 0 aliphatic carbocycles. The molecule has 0 spiro atoms. The van der Waals surface area contributed by atoms with E-state index in [2.05, 4.69) is 26.1 Å². The lowest BCUT2D eigenvalue weighted by molar-refractivity contribution is -0.120. The van der Waals surface area contributed by atoms with Crippen molar-refractivity contribution in [1.29, 1.82) is 0 Å². The molecular weight excluding hydrogens is 316 g/mol. The Labute approximate surface area is 150 Å². The number of unbranched alkanes of at least 4 members (excludes halogenated alkanes) is 1. The molecule has 0 unspecified atom stereocenters. The molecule has 2 rings (SSSR count). The second kappa shape index (κ2) is 8.37. The van der Waals surface area contributed by atoms with Gasteiger partial charge in [-0.15, -0.1) is 0 Å². The summed E-state index contributed by atoms with van der Waals surface area (Å²) in [5, 5.41) is 2.93. The quantitative estimate of drug-likeness (QED) is 0.808. The van der Waals surface area contributed by atoms with E-state index in [-0.39, 0.29) is 17.4 Å². The predicted molar refractivity (Wildman–Crippen MR) is 99.8 cm³/mol. The van der Waals surface area contributed by atoms with Gasteiger partial charge in [0.1, 0.15) is 6.04 Å². The number of ether oxygens (including phenoxy) is 1. The van der Waals surface area contributed by atoms with E-state index in [1.165, 1.54) is 5.56 Å². The zero-order chi connectivity index (χ0) is 18.4. The maximum atomic E-state index is 12.6. The molecule has 138 valence electrons. The topological polar surface area (TPSA) is 58.6 Å². The van der Waals surface area contributed by atoms with Crippen LogP contribution in [0.4, 0.5) is 10.5 Å². The maximum Gasteiger partial charge on any atom is 0.410 e. The largest absolute Gasteiger partial charge is 0.449 e. The van der Waals surface area contributed by atoms with E-state index in [1.54, 1.807) is 4.90 Å². The molecule has 1 aromatic rings. The second-order valence-electron chi connectivity index (χ2n) is 7.64. The average molecular weight is 346 g/mol. The highest BCUT2D eigenvalue weighted by atomic mass is 16.6. The van der Waals surface area contributed by atoms with Crippen molar-refractivity contribution in [2.45, 2.75) is 64.8 Å². The van der Waals surface area contributed by atoms with Crippen molar-refractivity contribution in [2.75, 3.05) is 18.5 Å². The van der Waals surface area contributed by atoms with Gasteiger partial charge in [0.2, 0.25) is 5.91 Å². The molecule has 0 saturated carbocycles. The fraction of sp³-hybridized carbons (Fsp3) is 0.600. The SMILES string of the molecule is CCCCOC(=O)N1CCC[C@H]1C(=O)Nc1ccc(C(C)(C)C)cc1. The van der Waals surface area contributed by atoms with Crippen LogP contribution in [0.5, 0.6) is 0 Å². The normalized spacial score (nSPS) is 17.4. The highest BCUT2D eigenvalue weighted by Gasteiger charge is 2.35. The molecule has 1 aromatic carbocycles. The number of likely N-dealkylation sites (tertiary alicyclic amines) is 1. The summed E-state index contributed by atoms with van der Waals surface area (Å²) in [4.78, 5) is 26.3. The molecule has 0 bridgehead atoms. The summed E-state index contributed by atoms with van der Waals surface area (Å²) < 4.78 is 5.26. The predicted octanol–water partition coefficient (Wildman–Crippen LogP) is 4.32. The summed E-state index contributed by atoms with van der Waals surface area (Å²) >= 11 is 0. The van der Waals surface area contributed by atoms with Crippen LogP contribution in [-0.4, -0.2) is 36.1 Å². The fourth-order valence-corrected chi connectivity index (χ4v) is 2.92. The Kier molecular flexibility index (Phi) is 6.45. The Hall–Kier alpha value is -2.04. The zero-order valence-electron chi connectivity index (χ0n) is 15.8. The fourth-order valence-electron chi connectivity index (χ4n) is 2.92. The first kappa shape index (κ1) is 19.3. The Morgan fingerprint density at radius 1 is 1.24 bits per heavy atom.